The van der Waals surface area contributed by atoms with Crippen LogP contribution in [0.5, 0.6) is 0 Å². The summed E-state index contributed by atoms with van der Waals surface area (Å²) in [5.41, 5.74) is 2.12. The molecule has 2 heterocycles. The largest absolute Gasteiger partial charge is 0.454 e. The van der Waals surface area contributed by atoms with Gasteiger partial charge in [0, 0.05) is 21.8 Å². The molecule has 0 fully saturated rings. The number of Topliss-reactive ketones (excluding diaryl/α,β-unsaturated/α-hetero) is 1. The molecule has 2 aromatic heterocycles. The number of nitrogens with zero attached hydrogens (tertiary/aromatic N) is 1. The van der Waals surface area contributed by atoms with Gasteiger partial charge in [-0.2, -0.15) is 0 Å². The van der Waals surface area contributed by atoms with Crippen LogP contribution in [-0.2, 0) is 11.3 Å². The molecule has 26 heavy (non-hydrogen) atoms. The molecule has 1 aromatic carbocycles. The highest BCUT2D eigenvalue weighted by Crippen LogP contribution is 2.20. The van der Waals surface area contributed by atoms with Crippen LogP contribution < -0.4 is 0 Å². The van der Waals surface area contributed by atoms with E-state index in [9.17, 15) is 14.0 Å². The zero-order chi connectivity index (χ0) is 18.7. The van der Waals surface area contributed by atoms with Crippen LogP contribution in [0, 0.1) is 19.7 Å². The maximum atomic E-state index is 13.6. The number of hydrogen-bond acceptors (Lipinski definition) is 4. The lowest BCUT2D eigenvalue weighted by Crippen LogP contribution is -2.16. The first-order valence-corrected chi connectivity index (χ1v) is 8.99. The van der Waals surface area contributed by atoms with E-state index in [-0.39, 0.29) is 11.3 Å². The van der Waals surface area contributed by atoms with E-state index in [1.54, 1.807) is 23.5 Å². The number of rotatable bonds is 6. The highest BCUT2D eigenvalue weighted by atomic mass is 32.1. The SMILES string of the molecule is Cc1cc(C(=O)COC(=O)c2ccccc2F)c(C)n1Cc1cccs1. The van der Waals surface area contributed by atoms with E-state index >= 15 is 0 Å². The third-order valence-corrected chi connectivity index (χ3v) is 5.06. The lowest BCUT2D eigenvalue weighted by molar-refractivity contribution is 0.0470. The number of hydrogen-bond donors (Lipinski definition) is 0. The van der Waals surface area contributed by atoms with Crippen molar-refractivity contribution < 1.29 is 18.7 Å². The van der Waals surface area contributed by atoms with Crippen molar-refractivity contribution >= 4 is 23.1 Å². The summed E-state index contributed by atoms with van der Waals surface area (Å²) in [5.74, 6) is -1.82. The van der Waals surface area contributed by atoms with E-state index in [1.165, 1.54) is 23.1 Å². The molecule has 134 valence electrons. The Kier molecular flexibility index (Phi) is 5.32. The minimum atomic E-state index is -0.844. The first kappa shape index (κ1) is 18.1. The van der Waals surface area contributed by atoms with Gasteiger partial charge in [-0.1, -0.05) is 18.2 Å². The number of ketones is 1. The molecule has 3 aromatic rings. The average Bonchev–Trinajstić information content (AvgIpc) is 3.23. The number of aryl methyl sites for hydroxylation is 1. The number of carbonyl (C=O) groups is 2. The number of halogens is 1. The average molecular weight is 371 g/mol. The normalized spacial score (nSPS) is 10.7. The van der Waals surface area contributed by atoms with Crippen molar-refractivity contribution in [1.29, 1.82) is 0 Å². The fraction of sp³-hybridized carbons (Fsp3) is 0.200. The van der Waals surface area contributed by atoms with Crippen LogP contribution in [0.3, 0.4) is 0 Å². The second kappa shape index (κ2) is 7.66. The predicted octanol–water partition coefficient (Wildman–Crippen LogP) is 4.39. The third-order valence-electron chi connectivity index (χ3n) is 4.20. The second-order valence-electron chi connectivity index (χ2n) is 5.93. The van der Waals surface area contributed by atoms with Crippen LogP contribution in [0.2, 0.25) is 0 Å². The van der Waals surface area contributed by atoms with Gasteiger partial charge >= 0.3 is 5.97 Å². The topological polar surface area (TPSA) is 48.3 Å². The van der Waals surface area contributed by atoms with Crippen molar-refractivity contribution in [2.75, 3.05) is 6.61 Å². The Hall–Kier alpha value is -2.73. The summed E-state index contributed by atoms with van der Waals surface area (Å²) >= 11 is 1.66. The Labute approximate surface area is 154 Å². The van der Waals surface area contributed by atoms with Crippen molar-refractivity contribution in [3.63, 3.8) is 0 Å². The number of ether oxygens (including phenoxy) is 1. The van der Waals surface area contributed by atoms with Gasteiger partial charge in [0.05, 0.1) is 12.1 Å². The molecule has 0 aliphatic carbocycles. The maximum Gasteiger partial charge on any atom is 0.341 e. The van der Waals surface area contributed by atoms with Crippen molar-refractivity contribution in [3.8, 4) is 0 Å². The molecule has 4 nitrogen and oxygen atoms in total. The highest BCUT2D eigenvalue weighted by Gasteiger charge is 2.19. The molecule has 0 saturated carbocycles. The highest BCUT2D eigenvalue weighted by molar-refractivity contribution is 7.09. The molecular formula is C20H18FNO3S. The molecule has 0 unspecified atom stereocenters. The molecule has 0 amide bonds. The van der Waals surface area contributed by atoms with Crippen molar-refractivity contribution in [3.05, 3.63) is 81.1 Å². The predicted molar refractivity (Wildman–Crippen MR) is 98.3 cm³/mol. The van der Waals surface area contributed by atoms with E-state index in [4.69, 9.17) is 4.74 Å². The summed E-state index contributed by atoms with van der Waals surface area (Å²) in [5, 5.41) is 2.01. The molecule has 0 radical (unpaired) electrons. The first-order valence-electron chi connectivity index (χ1n) is 8.11. The monoisotopic (exact) mass is 371 g/mol. The fourth-order valence-electron chi connectivity index (χ4n) is 2.80. The number of carbonyl (C=O) groups excluding carboxylic acids is 2. The summed E-state index contributed by atoms with van der Waals surface area (Å²) in [6, 6.07) is 11.4. The minimum Gasteiger partial charge on any atom is -0.454 e. The van der Waals surface area contributed by atoms with E-state index in [2.05, 4.69) is 4.57 Å². The Morgan fingerprint density at radius 3 is 2.58 bits per heavy atom. The number of esters is 1. The Balaban J connectivity index is 1.70. The molecule has 0 N–H and O–H groups in total. The van der Waals surface area contributed by atoms with Crippen LogP contribution in [-0.4, -0.2) is 22.9 Å². The molecule has 0 aliphatic heterocycles. The molecule has 0 saturated heterocycles. The molecule has 0 atom stereocenters. The van der Waals surface area contributed by atoms with Crippen molar-refractivity contribution in [2.24, 2.45) is 0 Å². The van der Waals surface area contributed by atoms with E-state index in [0.717, 1.165) is 11.4 Å². The lowest BCUT2D eigenvalue weighted by atomic mass is 10.1. The van der Waals surface area contributed by atoms with Gasteiger partial charge in [-0.15, -0.1) is 11.3 Å². The second-order valence-corrected chi connectivity index (χ2v) is 6.96. The van der Waals surface area contributed by atoms with E-state index in [0.29, 0.717) is 12.1 Å². The minimum absolute atomic E-state index is 0.177. The summed E-state index contributed by atoms with van der Waals surface area (Å²) in [7, 11) is 0. The summed E-state index contributed by atoms with van der Waals surface area (Å²) in [6.07, 6.45) is 0. The molecule has 0 spiro atoms. The van der Waals surface area contributed by atoms with Gasteiger partial charge in [0.2, 0.25) is 5.78 Å². The van der Waals surface area contributed by atoms with Gasteiger partial charge in [-0.3, -0.25) is 4.79 Å². The van der Waals surface area contributed by atoms with Crippen LogP contribution >= 0.6 is 11.3 Å². The molecular weight excluding hydrogens is 353 g/mol. The third kappa shape index (κ3) is 3.75. The molecule has 6 heteroatoms. The van der Waals surface area contributed by atoms with Gasteiger partial charge in [0.15, 0.2) is 6.61 Å². The Morgan fingerprint density at radius 2 is 1.88 bits per heavy atom. The fourth-order valence-corrected chi connectivity index (χ4v) is 3.49. The smallest absolute Gasteiger partial charge is 0.341 e. The number of aromatic nitrogens is 1. The van der Waals surface area contributed by atoms with Crippen LogP contribution in [0.4, 0.5) is 4.39 Å². The van der Waals surface area contributed by atoms with Gasteiger partial charge in [0.25, 0.3) is 0 Å². The zero-order valence-corrected chi connectivity index (χ0v) is 15.3. The molecule has 0 aliphatic rings. The lowest BCUT2D eigenvalue weighted by Gasteiger charge is -2.08. The van der Waals surface area contributed by atoms with Gasteiger partial charge in [-0.25, -0.2) is 9.18 Å². The number of benzene rings is 1. The maximum absolute atomic E-state index is 13.6. The van der Waals surface area contributed by atoms with E-state index < -0.39 is 18.4 Å². The van der Waals surface area contributed by atoms with Crippen LogP contribution in [0.15, 0.2) is 47.8 Å². The van der Waals surface area contributed by atoms with Gasteiger partial charge in [-0.05, 0) is 43.5 Å². The van der Waals surface area contributed by atoms with Crippen molar-refractivity contribution in [2.45, 2.75) is 20.4 Å². The van der Waals surface area contributed by atoms with Crippen LogP contribution in [0.25, 0.3) is 0 Å². The number of thiophene rings is 1. The Bertz CT molecular complexity index is 944. The summed E-state index contributed by atoms with van der Waals surface area (Å²) < 4.78 is 20.7. The molecule has 0 bridgehead atoms. The van der Waals surface area contributed by atoms with Crippen LogP contribution in [0.1, 0.15) is 37.0 Å². The standard InChI is InChI=1S/C20H18FNO3S/c1-13-10-17(14(2)22(13)11-15-6-5-9-26-15)19(23)12-25-20(24)16-7-3-4-8-18(16)21/h3-10H,11-12H2,1-2H3. The summed E-state index contributed by atoms with van der Waals surface area (Å²) in [4.78, 5) is 25.6. The van der Waals surface area contributed by atoms with Gasteiger partial charge in [0.1, 0.15) is 5.82 Å². The Morgan fingerprint density at radius 1 is 1.12 bits per heavy atom. The zero-order valence-electron chi connectivity index (χ0n) is 14.5. The first-order chi connectivity index (χ1) is 12.5. The molecule has 3 rings (SSSR count). The summed E-state index contributed by atoms with van der Waals surface area (Å²) in [6.45, 7) is 4.07. The quantitative estimate of drug-likeness (QED) is 0.477. The van der Waals surface area contributed by atoms with Crippen molar-refractivity contribution in [1.82, 2.24) is 4.57 Å². The van der Waals surface area contributed by atoms with Gasteiger partial charge < -0.3 is 9.30 Å². The van der Waals surface area contributed by atoms with E-state index in [1.807, 2.05) is 31.4 Å².